The summed E-state index contributed by atoms with van der Waals surface area (Å²) < 4.78 is 0. The monoisotopic (exact) mass is 234 g/mol. The van der Waals surface area contributed by atoms with Crippen molar-refractivity contribution < 1.29 is 4.79 Å². The molecule has 1 aliphatic carbocycles. The fraction of sp³-hybridized carbons (Fsp3) is 0.118. The highest BCUT2D eigenvalue weighted by atomic mass is 16.1. The van der Waals surface area contributed by atoms with Crippen LogP contribution in [0.1, 0.15) is 23.1 Å². The number of hydrogen-bond donors (Lipinski definition) is 0. The number of allylic oxidation sites excluding steroid dienone is 2. The van der Waals surface area contributed by atoms with Crippen molar-refractivity contribution in [1.82, 2.24) is 0 Å². The van der Waals surface area contributed by atoms with E-state index in [0.717, 1.165) is 16.7 Å². The van der Waals surface area contributed by atoms with Crippen LogP contribution in [0.4, 0.5) is 0 Å². The lowest BCUT2D eigenvalue weighted by atomic mass is 9.79. The molecule has 2 aromatic rings. The Morgan fingerprint density at radius 1 is 0.833 bits per heavy atom. The van der Waals surface area contributed by atoms with Crippen LogP contribution in [0.2, 0.25) is 0 Å². The second kappa shape index (κ2) is 4.26. The zero-order chi connectivity index (χ0) is 12.5. The van der Waals surface area contributed by atoms with Crippen LogP contribution in [-0.4, -0.2) is 5.78 Å². The standard InChI is InChI=1S/C17H14O/c1-12-7-9-14(10-8-12)17-15(11-16(17)18)13-5-3-2-4-6-13/h2-10H,11H2,1H3. The number of hydrogen-bond acceptors (Lipinski definition) is 1. The molecule has 0 heterocycles. The van der Waals surface area contributed by atoms with Crippen molar-refractivity contribution in [3.63, 3.8) is 0 Å². The largest absolute Gasteiger partial charge is 0.294 e. The Bertz CT molecular complexity index is 618. The molecule has 1 nitrogen and oxygen atoms in total. The normalized spacial score (nSPS) is 14.6. The highest BCUT2D eigenvalue weighted by Gasteiger charge is 2.28. The maximum Gasteiger partial charge on any atom is 0.168 e. The van der Waals surface area contributed by atoms with Gasteiger partial charge in [0.2, 0.25) is 0 Å². The molecule has 0 aliphatic heterocycles. The molecule has 0 atom stereocenters. The minimum atomic E-state index is 0.248. The molecule has 1 aliphatic rings. The van der Waals surface area contributed by atoms with E-state index >= 15 is 0 Å². The van der Waals surface area contributed by atoms with E-state index in [0.29, 0.717) is 6.42 Å². The van der Waals surface area contributed by atoms with Gasteiger partial charge in [0, 0.05) is 12.0 Å². The molecule has 0 saturated carbocycles. The molecular formula is C17H14O. The van der Waals surface area contributed by atoms with Crippen LogP contribution >= 0.6 is 0 Å². The van der Waals surface area contributed by atoms with Crippen LogP contribution in [0.5, 0.6) is 0 Å². The Hall–Kier alpha value is -2.15. The lowest BCUT2D eigenvalue weighted by molar-refractivity contribution is -0.113. The van der Waals surface area contributed by atoms with Crippen molar-refractivity contribution in [2.45, 2.75) is 13.3 Å². The van der Waals surface area contributed by atoms with E-state index in [1.54, 1.807) is 0 Å². The number of ketones is 1. The molecule has 0 bridgehead atoms. The highest BCUT2D eigenvalue weighted by Crippen LogP contribution is 2.39. The lowest BCUT2D eigenvalue weighted by Crippen LogP contribution is -2.15. The van der Waals surface area contributed by atoms with Crippen molar-refractivity contribution in [2.75, 3.05) is 0 Å². The summed E-state index contributed by atoms with van der Waals surface area (Å²) in [4.78, 5) is 11.8. The Morgan fingerprint density at radius 2 is 1.50 bits per heavy atom. The molecule has 0 spiro atoms. The molecule has 1 heteroatoms. The van der Waals surface area contributed by atoms with Gasteiger partial charge in [0.15, 0.2) is 5.78 Å². The summed E-state index contributed by atoms with van der Waals surface area (Å²) in [5.41, 5.74) is 5.47. The van der Waals surface area contributed by atoms with E-state index in [9.17, 15) is 4.79 Å². The number of rotatable bonds is 2. The van der Waals surface area contributed by atoms with E-state index in [4.69, 9.17) is 0 Å². The quantitative estimate of drug-likeness (QED) is 0.770. The summed E-state index contributed by atoms with van der Waals surface area (Å²) in [7, 11) is 0. The second-order valence-corrected chi connectivity index (χ2v) is 4.69. The summed E-state index contributed by atoms with van der Waals surface area (Å²) in [6, 6.07) is 18.3. The lowest BCUT2D eigenvalue weighted by Gasteiger charge is -2.23. The van der Waals surface area contributed by atoms with Gasteiger partial charge < -0.3 is 0 Å². The van der Waals surface area contributed by atoms with Crippen molar-refractivity contribution in [3.8, 4) is 0 Å². The van der Waals surface area contributed by atoms with Gasteiger partial charge in [-0.25, -0.2) is 0 Å². The summed E-state index contributed by atoms with van der Waals surface area (Å²) in [6.45, 7) is 2.05. The number of benzene rings is 2. The molecule has 0 N–H and O–H groups in total. The third-order valence-corrected chi connectivity index (χ3v) is 3.38. The van der Waals surface area contributed by atoms with Gasteiger partial charge in [0.25, 0.3) is 0 Å². The molecule has 0 unspecified atom stereocenters. The molecule has 3 rings (SSSR count). The van der Waals surface area contributed by atoms with Crippen LogP contribution in [-0.2, 0) is 4.79 Å². The maximum atomic E-state index is 11.8. The van der Waals surface area contributed by atoms with Gasteiger partial charge in [0.05, 0.1) is 0 Å². The van der Waals surface area contributed by atoms with Gasteiger partial charge in [-0.15, -0.1) is 0 Å². The van der Waals surface area contributed by atoms with Crippen LogP contribution in [0.25, 0.3) is 11.1 Å². The predicted molar refractivity (Wildman–Crippen MR) is 74.1 cm³/mol. The van der Waals surface area contributed by atoms with Gasteiger partial charge in [-0.2, -0.15) is 0 Å². The maximum absolute atomic E-state index is 11.8. The minimum absolute atomic E-state index is 0.248. The van der Waals surface area contributed by atoms with Crippen molar-refractivity contribution >= 4 is 16.9 Å². The molecule has 88 valence electrons. The third-order valence-electron chi connectivity index (χ3n) is 3.38. The Labute approximate surface area is 107 Å². The average molecular weight is 234 g/mol. The molecule has 0 aromatic heterocycles. The smallest absolute Gasteiger partial charge is 0.168 e. The second-order valence-electron chi connectivity index (χ2n) is 4.69. The molecule has 2 aromatic carbocycles. The van der Waals surface area contributed by atoms with Crippen LogP contribution < -0.4 is 0 Å². The van der Waals surface area contributed by atoms with Crippen LogP contribution in [0, 0.1) is 6.92 Å². The number of carbonyl (C=O) groups excluding carboxylic acids is 1. The number of aryl methyl sites for hydroxylation is 1. The predicted octanol–water partition coefficient (Wildman–Crippen LogP) is 3.88. The molecule has 0 radical (unpaired) electrons. The SMILES string of the molecule is Cc1ccc(C2=C(c3ccccc3)CC2=O)cc1. The summed E-state index contributed by atoms with van der Waals surface area (Å²) in [5.74, 6) is 0.248. The minimum Gasteiger partial charge on any atom is -0.294 e. The van der Waals surface area contributed by atoms with E-state index in [2.05, 4.69) is 31.2 Å². The van der Waals surface area contributed by atoms with Crippen molar-refractivity contribution in [3.05, 3.63) is 71.3 Å². The fourth-order valence-electron chi connectivity index (χ4n) is 2.34. The van der Waals surface area contributed by atoms with Gasteiger partial charge >= 0.3 is 0 Å². The van der Waals surface area contributed by atoms with E-state index in [-0.39, 0.29) is 5.78 Å². The van der Waals surface area contributed by atoms with Gasteiger partial charge in [-0.05, 0) is 23.6 Å². The average Bonchev–Trinajstić information content (AvgIpc) is 2.39. The number of carbonyl (C=O) groups is 1. The van der Waals surface area contributed by atoms with Crippen molar-refractivity contribution in [1.29, 1.82) is 0 Å². The third kappa shape index (κ3) is 1.78. The first-order valence-electron chi connectivity index (χ1n) is 6.14. The van der Waals surface area contributed by atoms with E-state index < -0.39 is 0 Å². The van der Waals surface area contributed by atoms with Gasteiger partial charge in [0.1, 0.15) is 0 Å². The Balaban J connectivity index is 2.09. The molecule has 0 amide bonds. The molecule has 0 fully saturated rings. The molecular weight excluding hydrogens is 220 g/mol. The van der Waals surface area contributed by atoms with E-state index in [1.165, 1.54) is 11.1 Å². The van der Waals surface area contributed by atoms with Crippen LogP contribution in [0.3, 0.4) is 0 Å². The molecule has 18 heavy (non-hydrogen) atoms. The Kier molecular flexibility index (Phi) is 2.60. The molecule has 0 saturated heterocycles. The zero-order valence-corrected chi connectivity index (χ0v) is 10.3. The van der Waals surface area contributed by atoms with Crippen LogP contribution in [0.15, 0.2) is 54.6 Å². The Morgan fingerprint density at radius 3 is 2.11 bits per heavy atom. The highest BCUT2D eigenvalue weighted by molar-refractivity contribution is 6.38. The summed E-state index contributed by atoms with van der Waals surface area (Å²) in [5, 5.41) is 0. The first-order chi connectivity index (χ1) is 8.75. The fourth-order valence-corrected chi connectivity index (χ4v) is 2.34. The van der Waals surface area contributed by atoms with E-state index in [1.807, 2.05) is 30.3 Å². The number of Topliss-reactive ketones (excluding diaryl/α,β-unsaturated/α-hetero) is 1. The first-order valence-corrected chi connectivity index (χ1v) is 6.14. The summed E-state index contributed by atoms with van der Waals surface area (Å²) >= 11 is 0. The van der Waals surface area contributed by atoms with Gasteiger partial charge in [-0.3, -0.25) is 4.79 Å². The zero-order valence-electron chi connectivity index (χ0n) is 10.3. The first kappa shape index (κ1) is 11.0. The topological polar surface area (TPSA) is 17.1 Å². The van der Waals surface area contributed by atoms with Gasteiger partial charge in [-0.1, -0.05) is 60.2 Å². The summed E-state index contributed by atoms with van der Waals surface area (Å²) in [6.07, 6.45) is 0.563. The van der Waals surface area contributed by atoms with Crippen molar-refractivity contribution in [2.24, 2.45) is 0 Å².